The van der Waals surface area contributed by atoms with E-state index in [2.05, 4.69) is 15.4 Å². The molecule has 6 nitrogen and oxygen atoms in total. The number of carbonyl (C=O) groups is 3. The Kier molecular flexibility index (Phi) is 6.37. The molecular formula is C23H20N2O4. The Morgan fingerprint density at radius 1 is 0.759 bits per heavy atom. The molecule has 0 unspecified atom stereocenters. The molecule has 146 valence electrons. The van der Waals surface area contributed by atoms with Gasteiger partial charge in [0, 0.05) is 16.9 Å². The minimum Gasteiger partial charge on any atom is -0.465 e. The van der Waals surface area contributed by atoms with E-state index in [-0.39, 0.29) is 18.2 Å². The van der Waals surface area contributed by atoms with Crippen molar-refractivity contribution in [1.29, 1.82) is 0 Å². The number of amides is 2. The van der Waals surface area contributed by atoms with Crippen LogP contribution in [0.2, 0.25) is 0 Å². The third kappa shape index (κ3) is 5.52. The van der Waals surface area contributed by atoms with Crippen molar-refractivity contribution in [2.24, 2.45) is 0 Å². The van der Waals surface area contributed by atoms with Crippen LogP contribution >= 0.6 is 0 Å². The van der Waals surface area contributed by atoms with Gasteiger partial charge in [-0.1, -0.05) is 42.5 Å². The van der Waals surface area contributed by atoms with Gasteiger partial charge in [0.2, 0.25) is 5.91 Å². The van der Waals surface area contributed by atoms with Gasteiger partial charge in [0.25, 0.3) is 5.91 Å². The number of hydrogen-bond donors (Lipinski definition) is 2. The van der Waals surface area contributed by atoms with Crippen molar-refractivity contribution in [2.75, 3.05) is 17.7 Å². The summed E-state index contributed by atoms with van der Waals surface area (Å²) in [7, 11) is 1.30. The van der Waals surface area contributed by atoms with Gasteiger partial charge in [-0.3, -0.25) is 9.59 Å². The maximum Gasteiger partial charge on any atom is 0.337 e. The molecule has 0 aromatic heterocycles. The second-order valence-electron chi connectivity index (χ2n) is 6.32. The van der Waals surface area contributed by atoms with Crippen LogP contribution in [-0.2, 0) is 16.0 Å². The van der Waals surface area contributed by atoms with Gasteiger partial charge in [0.05, 0.1) is 19.1 Å². The summed E-state index contributed by atoms with van der Waals surface area (Å²) in [5, 5.41) is 5.54. The predicted octanol–water partition coefficient (Wildman–Crippen LogP) is 3.91. The molecular weight excluding hydrogens is 368 g/mol. The second-order valence-corrected chi connectivity index (χ2v) is 6.32. The zero-order valence-electron chi connectivity index (χ0n) is 15.8. The van der Waals surface area contributed by atoms with E-state index < -0.39 is 5.97 Å². The van der Waals surface area contributed by atoms with Crippen molar-refractivity contribution >= 4 is 29.2 Å². The van der Waals surface area contributed by atoms with E-state index in [9.17, 15) is 14.4 Å². The van der Waals surface area contributed by atoms with Gasteiger partial charge < -0.3 is 15.4 Å². The molecule has 0 aliphatic heterocycles. The first kappa shape index (κ1) is 19.8. The lowest BCUT2D eigenvalue weighted by molar-refractivity contribution is -0.115. The minimum atomic E-state index is -0.482. The fourth-order valence-corrected chi connectivity index (χ4v) is 2.77. The predicted molar refractivity (Wildman–Crippen MR) is 111 cm³/mol. The quantitative estimate of drug-likeness (QED) is 0.627. The maximum atomic E-state index is 12.6. The molecule has 0 aliphatic carbocycles. The van der Waals surface area contributed by atoms with Crippen molar-refractivity contribution in [1.82, 2.24) is 0 Å². The number of anilines is 2. The fraction of sp³-hybridized carbons (Fsp3) is 0.0870. The molecule has 0 saturated carbocycles. The van der Waals surface area contributed by atoms with Crippen LogP contribution in [0.1, 0.15) is 26.3 Å². The number of benzene rings is 3. The molecule has 0 fully saturated rings. The zero-order valence-corrected chi connectivity index (χ0v) is 15.8. The van der Waals surface area contributed by atoms with Crippen LogP contribution in [0.3, 0.4) is 0 Å². The number of methoxy groups -OCH3 is 1. The lowest BCUT2D eigenvalue weighted by Gasteiger charge is -2.09. The van der Waals surface area contributed by atoms with Crippen LogP contribution < -0.4 is 10.6 Å². The normalized spacial score (nSPS) is 10.1. The maximum absolute atomic E-state index is 12.6. The highest BCUT2D eigenvalue weighted by Gasteiger charge is 2.11. The van der Waals surface area contributed by atoms with Crippen LogP contribution in [0.25, 0.3) is 0 Å². The summed E-state index contributed by atoms with van der Waals surface area (Å²) in [6.45, 7) is 0. The average Bonchev–Trinajstić information content (AvgIpc) is 2.74. The standard InChI is InChI=1S/C23H20N2O4/c1-29-23(28)18-10-6-12-20(15-18)25-22(27)17-9-5-11-19(14-17)24-21(26)13-16-7-3-2-4-8-16/h2-12,14-15H,13H2,1H3,(H,24,26)(H,25,27). The number of esters is 1. The Balaban J connectivity index is 1.66. The molecule has 3 rings (SSSR count). The first-order valence-electron chi connectivity index (χ1n) is 8.99. The average molecular weight is 388 g/mol. The molecule has 0 heterocycles. The minimum absolute atomic E-state index is 0.167. The van der Waals surface area contributed by atoms with E-state index in [4.69, 9.17) is 0 Å². The van der Waals surface area contributed by atoms with Crippen molar-refractivity contribution in [3.05, 3.63) is 95.6 Å². The van der Waals surface area contributed by atoms with E-state index in [0.717, 1.165) is 5.56 Å². The summed E-state index contributed by atoms with van der Waals surface area (Å²) >= 11 is 0. The van der Waals surface area contributed by atoms with Crippen LogP contribution in [0.15, 0.2) is 78.9 Å². The molecule has 3 aromatic carbocycles. The number of hydrogen-bond acceptors (Lipinski definition) is 4. The second kappa shape index (κ2) is 9.32. The summed E-state index contributed by atoms with van der Waals surface area (Å²) in [4.78, 5) is 36.4. The summed E-state index contributed by atoms with van der Waals surface area (Å²) in [5.41, 5.74) is 2.63. The van der Waals surface area contributed by atoms with Crippen molar-refractivity contribution in [3.63, 3.8) is 0 Å². The molecule has 0 bridgehead atoms. The number of rotatable bonds is 6. The molecule has 0 radical (unpaired) electrons. The molecule has 2 amide bonds. The van der Waals surface area contributed by atoms with Crippen LogP contribution in [0.4, 0.5) is 11.4 Å². The highest BCUT2D eigenvalue weighted by Crippen LogP contribution is 2.16. The molecule has 6 heteroatoms. The smallest absolute Gasteiger partial charge is 0.337 e. The molecule has 0 atom stereocenters. The Bertz CT molecular complexity index is 1030. The molecule has 3 aromatic rings. The van der Waals surface area contributed by atoms with E-state index in [1.54, 1.807) is 42.5 Å². The number of nitrogens with one attached hydrogen (secondary N) is 2. The Morgan fingerprint density at radius 2 is 1.38 bits per heavy atom. The monoisotopic (exact) mass is 388 g/mol. The highest BCUT2D eigenvalue weighted by atomic mass is 16.5. The van der Waals surface area contributed by atoms with E-state index >= 15 is 0 Å². The van der Waals surface area contributed by atoms with E-state index in [1.165, 1.54) is 13.2 Å². The Morgan fingerprint density at radius 3 is 2.07 bits per heavy atom. The summed E-state index contributed by atoms with van der Waals surface area (Å²) < 4.78 is 4.68. The first-order valence-corrected chi connectivity index (χ1v) is 8.99. The molecule has 0 spiro atoms. The van der Waals surface area contributed by atoms with Crippen LogP contribution in [0, 0.1) is 0 Å². The van der Waals surface area contributed by atoms with E-state index in [1.807, 2.05) is 30.3 Å². The van der Waals surface area contributed by atoms with Gasteiger partial charge >= 0.3 is 5.97 Å². The lowest BCUT2D eigenvalue weighted by Crippen LogP contribution is -2.16. The van der Waals surface area contributed by atoms with Crippen molar-refractivity contribution in [3.8, 4) is 0 Å². The van der Waals surface area contributed by atoms with Crippen molar-refractivity contribution in [2.45, 2.75) is 6.42 Å². The number of ether oxygens (including phenoxy) is 1. The molecule has 0 aliphatic rings. The summed E-state index contributed by atoms with van der Waals surface area (Å²) in [6.07, 6.45) is 0.248. The van der Waals surface area contributed by atoms with Gasteiger partial charge in [-0.05, 0) is 42.0 Å². The van der Waals surface area contributed by atoms with Gasteiger partial charge in [0.15, 0.2) is 0 Å². The molecule has 29 heavy (non-hydrogen) atoms. The number of carbonyl (C=O) groups excluding carboxylic acids is 3. The Labute approximate surface area is 168 Å². The largest absolute Gasteiger partial charge is 0.465 e. The topological polar surface area (TPSA) is 84.5 Å². The molecule has 0 saturated heterocycles. The third-order valence-electron chi connectivity index (χ3n) is 4.16. The van der Waals surface area contributed by atoms with Gasteiger partial charge in [-0.2, -0.15) is 0 Å². The van der Waals surface area contributed by atoms with Gasteiger partial charge in [-0.15, -0.1) is 0 Å². The lowest BCUT2D eigenvalue weighted by atomic mass is 10.1. The summed E-state index contributed by atoms with van der Waals surface area (Å²) in [5.74, 6) is -1.00. The third-order valence-corrected chi connectivity index (χ3v) is 4.16. The Hall–Kier alpha value is -3.93. The van der Waals surface area contributed by atoms with E-state index in [0.29, 0.717) is 22.5 Å². The summed E-state index contributed by atoms with van der Waals surface area (Å²) in [6, 6.07) is 22.5. The van der Waals surface area contributed by atoms with Crippen molar-refractivity contribution < 1.29 is 19.1 Å². The zero-order chi connectivity index (χ0) is 20.6. The van der Waals surface area contributed by atoms with Crippen LogP contribution in [-0.4, -0.2) is 24.9 Å². The van der Waals surface area contributed by atoms with Gasteiger partial charge in [-0.25, -0.2) is 4.79 Å². The first-order chi connectivity index (χ1) is 14.0. The fourth-order valence-electron chi connectivity index (χ4n) is 2.77. The molecule has 2 N–H and O–H groups in total. The van der Waals surface area contributed by atoms with Crippen LogP contribution in [0.5, 0.6) is 0 Å². The van der Waals surface area contributed by atoms with Gasteiger partial charge in [0.1, 0.15) is 0 Å². The highest BCUT2D eigenvalue weighted by molar-refractivity contribution is 6.06. The SMILES string of the molecule is COC(=O)c1cccc(NC(=O)c2cccc(NC(=O)Cc3ccccc3)c2)c1.